The van der Waals surface area contributed by atoms with E-state index in [-0.39, 0.29) is 6.04 Å². The molecule has 21 heavy (non-hydrogen) atoms. The van der Waals surface area contributed by atoms with Gasteiger partial charge in [-0.2, -0.15) is 0 Å². The molecule has 2 aromatic rings. The van der Waals surface area contributed by atoms with Crippen LogP contribution >= 0.6 is 11.3 Å². The summed E-state index contributed by atoms with van der Waals surface area (Å²) >= 11 is 1.74. The van der Waals surface area contributed by atoms with E-state index in [9.17, 15) is 8.78 Å². The fourth-order valence-electron chi connectivity index (χ4n) is 3.03. The van der Waals surface area contributed by atoms with Gasteiger partial charge in [0, 0.05) is 15.3 Å². The zero-order valence-corrected chi connectivity index (χ0v) is 12.9. The predicted octanol–water partition coefficient (Wildman–Crippen LogP) is 4.60. The molecule has 0 saturated heterocycles. The van der Waals surface area contributed by atoms with Gasteiger partial charge >= 0.3 is 0 Å². The summed E-state index contributed by atoms with van der Waals surface area (Å²) in [5.74, 6) is -1.54. The molecular weight excluding hydrogens is 288 g/mol. The largest absolute Gasteiger partial charge is 0.309 e. The number of nitrogens with one attached hydrogen (secondary N) is 1. The monoisotopic (exact) mass is 307 g/mol. The maximum absolute atomic E-state index is 14.1. The standard InChI is InChI=1S/C17H19F2NS/c1-20-17(12-7-5-8-13(18)16(12)19)15-10-11-6-3-2-4-9-14(11)21-15/h5,7-8,10,17,20H,2-4,6,9H2,1H3. The van der Waals surface area contributed by atoms with Crippen LogP contribution in [0.4, 0.5) is 8.78 Å². The molecule has 112 valence electrons. The first-order chi connectivity index (χ1) is 10.2. The third-order valence-corrected chi connectivity index (χ3v) is 5.43. The van der Waals surface area contributed by atoms with Gasteiger partial charge in [0.25, 0.3) is 0 Å². The highest BCUT2D eigenvalue weighted by molar-refractivity contribution is 7.12. The average molecular weight is 307 g/mol. The molecule has 3 rings (SSSR count). The van der Waals surface area contributed by atoms with Crippen LogP contribution in [0.5, 0.6) is 0 Å². The molecule has 0 radical (unpaired) electrons. The number of benzene rings is 1. The zero-order valence-electron chi connectivity index (χ0n) is 12.1. The van der Waals surface area contributed by atoms with E-state index in [0.29, 0.717) is 5.56 Å². The fourth-order valence-corrected chi connectivity index (χ4v) is 4.41. The van der Waals surface area contributed by atoms with Crippen LogP contribution in [0.15, 0.2) is 24.3 Å². The first kappa shape index (κ1) is 14.7. The van der Waals surface area contributed by atoms with Crippen molar-refractivity contribution in [3.05, 3.63) is 56.8 Å². The second-order valence-corrected chi connectivity index (χ2v) is 6.69. The van der Waals surface area contributed by atoms with E-state index >= 15 is 0 Å². The summed E-state index contributed by atoms with van der Waals surface area (Å²) in [5.41, 5.74) is 1.78. The zero-order chi connectivity index (χ0) is 14.8. The van der Waals surface area contributed by atoms with E-state index in [2.05, 4.69) is 11.4 Å². The van der Waals surface area contributed by atoms with Gasteiger partial charge in [-0.25, -0.2) is 8.78 Å². The highest BCUT2D eigenvalue weighted by atomic mass is 32.1. The van der Waals surface area contributed by atoms with Crippen molar-refractivity contribution in [3.63, 3.8) is 0 Å². The molecule has 0 aliphatic heterocycles. The summed E-state index contributed by atoms with van der Waals surface area (Å²) in [5, 5.41) is 3.13. The molecule has 1 atom stereocenters. The second kappa shape index (κ2) is 6.24. The average Bonchev–Trinajstić information content (AvgIpc) is 2.75. The summed E-state index contributed by atoms with van der Waals surface area (Å²) in [6, 6.07) is 6.28. The minimum absolute atomic E-state index is 0.280. The Hall–Kier alpha value is -1.26. The van der Waals surface area contributed by atoms with Crippen molar-refractivity contribution in [1.82, 2.24) is 5.32 Å². The molecule has 4 heteroatoms. The predicted molar refractivity (Wildman–Crippen MR) is 82.8 cm³/mol. The molecule has 1 aliphatic rings. The Labute approximate surface area is 128 Å². The number of thiophene rings is 1. The Morgan fingerprint density at radius 2 is 1.95 bits per heavy atom. The third-order valence-electron chi connectivity index (χ3n) is 4.13. The van der Waals surface area contributed by atoms with Crippen LogP contribution in [0.3, 0.4) is 0 Å². The molecule has 1 aromatic heterocycles. The van der Waals surface area contributed by atoms with E-state index in [1.165, 1.54) is 29.7 Å². The van der Waals surface area contributed by atoms with E-state index < -0.39 is 11.6 Å². The summed E-state index contributed by atoms with van der Waals surface area (Å²) in [4.78, 5) is 2.49. The van der Waals surface area contributed by atoms with Crippen LogP contribution in [0.2, 0.25) is 0 Å². The third kappa shape index (κ3) is 2.87. The van der Waals surface area contributed by atoms with Crippen LogP contribution in [-0.4, -0.2) is 7.05 Å². The molecule has 0 spiro atoms. The molecule has 0 saturated carbocycles. The number of aryl methyl sites for hydroxylation is 2. The van der Waals surface area contributed by atoms with Crippen LogP contribution in [0.1, 0.15) is 46.2 Å². The molecular formula is C17H19F2NS. The van der Waals surface area contributed by atoms with Gasteiger partial charge in [0.1, 0.15) is 0 Å². The summed E-state index contributed by atoms with van der Waals surface area (Å²) < 4.78 is 27.5. The Morgan fingerprint density at radius 1 is 1.14 bits per heavy atom. The van der Waals surface area contributed by atoms with Gasteiger partial charge in [-0.1, -0.05) is 18.6 Å². The number of hydrogen-bond donors (Lipinski definition) is 1. The quantitative estimate of drug-likeness (QED) is 0.817. The Morgan fingerprint density at radius 3 is 2.76 bits per heavy atom. The maximum atomic E-state index is 14.1. The van der Waals surface area contributed by atoms with Crippen LogP contribution in [0, 0.1) is 11.6 Å². The van der Waals surface area contributed by atoms with E-state index in [4.69, 9.17) is 0 Å². The Bertz CT molecular complexity index is 612. The van der Waals surface area contributed by atoms with Crippen molar-refractivity contribution in [2.24, 2.45) is 0 Å². The molecule has 0 fully saturated rings. The van der Waals surface area contributed by atoms with Crippen LogP contribution in [-0.2, 0) is 12.8 Å². The van der Waals surface area contributed by atoms with Crippen molar-refractivity contribution in [1.29, 1.82) is 0 Å². The first-order valence-electron chi connectivity index (χ1n) is 7.43. The maximum Gasteiger partial charge on any atom is 0.163 e. The van der Waals surface area contributed by atoms with Crippen molar-refractivity contribution in [2.75, 3.05) is 7.05 Å². The summed E-state index contributed by atoms with van der Waals surface area (Å²) in [7, 11) is 1.79. The highest BCUT2D eigenvalue weighted by Gasteiger charge is 2.22. The summed E-state index contributed by atoms with van der Waals surface area (Å²) in [6.45, 7) is 0. The number of fused-ring (bicyclic) bond motifs is 1. The van der Waals surface area contributed by atoms with E-state index in [1.54, 1.807) is 30.5 Å². The number of halogens is 2. The number of rotatable bonds is 3. The SMILES string of the molecule is CNC(c1cc2c(s1)CCCCC2)c1cccc(F)c1F. The minimum atomic E-state index is -0.786. The van der Waals surface area contributed by atoms with Gasteiger partial charge in [-0.05, 0) is 50.4 Å². The van der Waals surface area contributed by atoms with Gasteiger partial charge in [0.2, 0.25) is 0 Å². The van der Waals surface area contributed by atoms with Crippen molar-refractivity contribution >= 4 is 11.3 Å². The van der Waals surface area contributed by atoms with E-state index in [0.717, 1.165) is 23.8 Å². The Balaban J connectivity index is 1.98. The smallest absolute Gasteiger partial charge is 0.163 e. The molecule has 1 heterocycles. The molecule has 1 nitrogen and oxygen atoms in total. The van der Waals surface area contributed by atoms with Crippen molar-refractivity contribution < 1.29 is 8.78 Å². The second-order valence-electron chi connectivity index (χ2n) is 5.52. The van der Waals surface area contributed by atoms with Crippen molar-refractivity contribution in [3.8, 4) is 0 Å². The molecule has 1 aromatic carbocycles. The summed E-state index contributed by atoms with van der Waals surface area (Å²) in [6.07, 6.45) is 5.95. The van der Waals surface area contributed by atoms with Gasteiger partial charge in [0.15, 0.2) is 11.6 Å². The lowest BCUT2D eigenvalue weighted by atomic mass is 10.0. The van der Waals surface area contributed by atoms with Crippen molar-refractivity contribution in [2.45, 2.75) is 38.1 Å². The molecule has 1 unspecified atom stereocenters. The molecule has 0 amide bonds. The Kier molecular flexibility index (Phi) is 4.36. The van der Waals surface area contributed by atoms with Gasteiger partial charge in [-0.3, -0.25) is 0 Å². The first-order valence-corrected chi connectivity index (χ1v) is 8.25. The van der Waals surface area contributed by atoms with Crippen LogP contribution < -0.4 is 5.32 Å². The minimum Gasteiger partial charge on any atom is -0.309 e. The number of hydrogen-bond acceptors (Lipinski definition) is 2. The van der Waals surface area contributed by atoms with Gasteiger partial charge in [-0.15, -0.1) is 11.3 Å². The van der Waals surface area contributed by atoms with E-state index in [1.807, 2.05) is 0 Å². The fraction of sp³-hybridized carbons (Fsp3) is 0.412. The lowest BCUT2D eigenvalue weighted by molar-refractivity contribution is 0.488. The molecule has 0 bridgehead atoms. The van der Waals surface area contributed by atoms with Gasteiger partial charge < -0.3 is 5.32 Å². The van der Waals surface area contributed by atoms with Gasteiger partial charge in [0.05, 0.1) is 6.04 Å². The molecule has 1 aliphatic carbocycles. The topological polar surface area (TPSA) is 12.0 Å². The van der Waals surface area contributed by atoms with Crippen LogP contribution in [0.25, 0.3) is 0 Å². The highest BCUT2D eigenvalue weighted by Crippen LogP contribution is 2.35. The lowest BCUT2D eigenvalue weighted by Gasteiger charge is -2.16. The normalized spacial score (nSPS) is 16.3. The molecule has 1 N–H and O–H groups in total. The lowest BCUT2D eigenvalue weighted by Crippen LogP contribution is -2.18.